The zero-order chi connectivity index (χ0) is 11.5. The number of aromatic nitrogens is 1. The van der Waals surface area contributed by atoms with E-state index in [1.54, 1.807) is 18.4 Å². The first-order valence-corrected chi connectivity index (χ1v) is 5.58. The van der Waals surface area contributed by atoms with Gasteiger partial charge in [-0.05, 0) is 18.2 Å². The van der Waals surface area contributed by atoms with E-state index in [1.807, 2.05) is 6.07 Å². The molecule has 0 aliphatic carbocycles. The summed E-state index contributed by atoms with van der Waals surface area (Å²) >= 11 is 17.5. The van der Waals surface area contributed by atoms with Crippen molar-refractivity contribution in [1.29, 1.82) is 0 Å². The van der Waals surface area contributed by atoms with Crippen molar-refractivity contribution in [3.8, 4) is 0 Å². The molecule has 0 amide bonds. The van der Waals surface area contributed by atoms with Gasteiger partial charge in [-0.15, -0.1) is 0 Å². The summed E-state index contributed by atoms with van der Waals surface area (Å²) < 4.78 is 5.16. The zero-order valence-corrected chi connectivity index (χ0v) is 10.3. The van der Waals surface area contributed by atoms with Gasteiger partial charge in [0.2, 0.25) is 0 Å². The van der Waals surface area contributed by atoms with Crippen LogP contribution < -0.4 is 5.32 Å². The average molecular weight is 278 g/mol. The van der Waals surface area contributed by atoms with Crippen LogP contribution in [0, 0.1) is 0 Å². The van der Waals surface area contributed by atoms with Crippen molar-refractivity contribution in [1.82, 2.24) is 4.98 Å². The summed E-state index contributed by atoms with van der Waals surface area (Å²) in [5.74, 6) is 1.26. The quantitative estimate of drug-likeness (QED) is 0.852. The molecule has 2 aromatic heterocycles. The highest BCUT2D eigenvalue weighted by atomic mass is 35.5. The van der Waals surface area contributed by atoms with Crippen molar-refractivity contribution in [2.45, 2.75) is 6.54 Å². The van der Waals surface area contributed by atoms with E-state index in [1.165, 1.54) is 0 Å². The summed E-state index contributed by atoms with van der Waals surface area (Å²) in [5.41, 5.74) is 0. The van der Waals surface area contributed by atoms with Gasteiger partial charge in [0.25, 0.3) is 0 Å². The number of halogens is 3. The second-order valence-corrected chi connectivity index (χ2v) is 4.20. The molecule has 0 spiro atoms. The highest BCUT2D eigenvalue weighted by molar-refractivity contribution is 6.42. The fourth-order valence-electron chi connectivity index (χ4n) is 1.15. The molecule has 6 heteroatoms. The second kappa shape index (κ2) is 4.95. The lowest BCUT2D eigenvalue weighted by molar-refractivity contribution is 0.518. The summed E-state index contributed by atoms with van der Waals surface area (Å²) in [6.07, 6.45) is 1.60. The average Bonchev–Trinajstić information content (AvgIpc) is 2.74. The van der Waals surface area contributed by atoms with Gasteiger partial charge < -0.3 is 9.73 Å². The largest absolute Gasteiger partial charge is 0.467 e. The molecule has 84 valence electrons. The topological polar surface area (TPSA) is 38.1 Å². The van der Waals surface area contributed by atoms with E-state index in [0.717, 1.165) is 5.76 Å². The van der Waals surface area contributed by atoms with Gasteiger partial charge >= 0.3 is 0 Å². The van der Waals surface area contributed by atoms with Crippen molar-refractivity contribution in [2.75, 3.05) is 5.32 Å². The first kappa shape index (κ1) is 11.6. The smallest absolute Gasteiger partial charge is 0.150 e. The van der Waals surface area contributed by atoms with E-state index in [9.17, 15) is 0 Å². The molecule has 0 saturated carbocycles. The van der Waals surface area contributed by atoms with Crippen molar-refractivity contribution < 1.29 is 4.42 Å². The minimum atomic E-state index is 0.216. The summed E-state index contributed by atoms with van der Waals surface area (Å²) in [5, 5.41) is 3.97. The maximum atomic E-state index is 5.94. The lowest BCUT2D eigenvalue weighted by atomic mass is 10.4. The molecular weight excluding hydrogens is 270 g/mol. The molecule has 0 aliphatic heterocycles. The molecule has 0 aromatic carbocycles. The van der Waals surface area contributed by atoms with Crippen LogP contribution in [0.1, 0.15) is 5.76 Å². The van der Waals surface area contributed by atoms with Crippen LogP contribution >= 0.6 is 34.8 Å². The number of anilines is 1. The van der Waals surface area contributed by atoms with Crippen molar-refractivity contribution in [3.63, 3.8) is 0 Å². The van der Waals surface area contributed by atoms with Crippen molar-refractivity contribution in [2.24, 2.45) is 0 Å². The second-order valence-electron chi connectivity index (χ2n) is 3.02. The van der Waals surface area contributed by atoms with Gasteiger partial charge in [-0.3, -0.25) is 0 Å². The molecule has 0 bridgehead atoms. The van der Waals surface area contributed by atoms with E-state index in [4.69, 9.17) is 39.2 Å². The Morgan fingerprint density at radius 3 is 2.75 bits per heavy atom. The zero-order valence-electron chi connectivity index (χ0n) is 8.01. The summed E-state index contributed by atoms with van der Waals surface area (Å²) in [4.78, 5) is 4.02. The maximum Gasteiger partial charge on any atom is 0.150 e. The van der Waals surface area contributed by atoms with Gasteiger partial charge in [-0.2, -0.15) is 0 Å². The highest BCUT2D eigenvalue weighted by Crippen LogP contribution is 2.28. The molecule has 2 heterocycles. The molecule has 0 radical (unpaired) electrons. The standard InChI is InChI=1S/C10H7Cl3N2O/c11-7-4-8(12)10(15-9(7)13)14-5-6-2-1-3-16-6/h1-4H,5H2,(H,14,15). The number of nitrogens with zero attached hydrogens (tertiary/aromatic N) is 1. The molecule has 1 N–H and O–H groups in total. The molecule has 0 aliphatic rings. The highest BCUT2D eigenvalue weighted by Gasteiger charge is 2.07. The molecule has 0 fully saturated rings. The third-order valence-electron chi connectivity index (χ3n) is 1.90. The van der Waals surface area contributed by atoms with Crippen LogP contribution in [0.3, 0.4) is 0 Å². The van der Waals surface area contributed by atoms with E-state index < -0.39 is 0 Å². The molecule has 3 nitrogen and oxygen atoms in total. The van der Waals surface area contributed by atoms with Gasteiger partial charge in [0.15, 0.2) is 0 Å². The number of hydrogen-bond acceptors (Lipinski definition) is 3. The van der Waals surface area contributed by atoms with Gasteiger partial charge in [0.05, 0.1) is 22.9 Å². The molecule has 16 heavy (non-hydrogen) atoms. The molecule has 2 rings (SSSR count). The van der Waals surface area contributed by atoms with E-state index in [0.29, 0.717) is 22.4 Å². The van der Waals surface area contributed by atoms with E-state index in [2.05, 4.69) is 10.3 Å². The number of rotatable bonds is 3. The molecule has 2 aromatic rings. The summed E-state index contributed by atoms with van der Waals surface area (Å²) in [6.45, 7) is 0.484. The van der Waals surface area contributed by atoms with Gasteiger partial charge in [-0.25, -0.2) is 4.98 Å². The van der Waals surface area contributed by atoms with Crippen LogP contribution in [-0.4, -0.2) is 4.98 Å². The molecule has 0 saturated heterocycles. The Labute approximate surface area is 107 Å². The lowest BCUT2D eigenvalue weighted by Crippen LogP contribution is -2.01. The first-order valence-electron chi connectivity index (χ1n) is 4.44. The normalized spacial score (nSPS) is 10.4. The minimum absolute atomic E-state index is 0.216. The summed E-state index contributed by atoms with van der Waals surface area (Å²) in [6, 6.07) is 5.20. The maximum absolute atomic E-state index is 5.94. The van der Waals surface area contributed by atoms with Crippen LogP contribution in [0.4, 0.5) is 5.82 Å². The predicted molar refractivity (Wildman–Crippen MR) is 65.3 cm³/mol. The third-order valence-corrected chi connectivity index (χ3v) is 2.86. The van der Waals surface area contributed by atoms with Crippen LogP contribution in [0.5, 0.6) is 0 Å². The Kier molecular flexibility index (Phi) is 3.59. The van der Waals surface area contributed by atoms with Crippen LogP contribution in [-0.2, 0) is 6.54 Å². The molecular formula is C10H7Cl3N2O. The number of hydrogen-bond donors (Lipinski definition) is 1. The SMILES string of the molecule is Clc1cc(Cl)c(NCc2ccco2)nc1Cl. The van der Waals surface area contributed by atoms with Crippen LogP contribution in [0.15, 0.2) is 28.9 Å². The lowest BCUT2D eigenvalue weighted by Gasteiger charge is -2.06. The molecule has 0 unspecified atom stereocenters. The Morgan fingerprint density at radius 1 is 1.25 bits per heavy atom. The predicted octanol–water partition coefficient (Wildman–Crippen LogP) is 4.25. The Bertz CT molecular complexity index is 485. The Morgan fingerprint density at radius 2 is 2.06 bits per heavy atom. The van der Waals surface area contributed by atoms with E-state index in [-0.39, 0.29) is 5.15 Å². The van der Waals surface area contributed by atoms with Gasteiger partial charge in [0.1, 0.15) is 16.7 Å². The number of nitrogens with one attached hydrogen (secondary N) is 1. The Balaban J connectivity index is 2.12. The Hall–Kier alpha value is -0.900. The monoisotopic (exact) mass is 276 g/mol. The van der Waals surface area contributed by atoms with Crippen molar-refractivity contribution >= 4 is 40.6 Å². The van der Waals surface area contributed by atoms with Crippen LogP contribution in [0.25, 0.3) is 0 Å². The fraction of sp³-hybridized carbons (Fsp3) is 0.100. The first-order chi connectivity index (χ1) is 7.66. The van der Waals surface area contributed by atoms with Gasteiger partial charge in [-0.1, -0.05) is 34.8 Å². The fourth-order valence-corrected chi connectivity index (χ4v) is 1.72. The minimum Gasteiger partial charge on any atom is -0.467 e. The van der Waals surface area contributed by atoms with Crippen molar-refractivity contribution in [3.05, 3.63) is 45.4 Å². The number of furan rings is 1. The molecule has 0 atom stereocenters. The summed E-state index contributed by atoms with van der Waals surface area (Å²) in [7, 11) is 0. The van der Waals surface area contributed by atoms with Gasteiger partial charge in [0, 0.05) is 0 Å². The van der Waals surface area contributed by atoms with E-state index >= 15 is 0 Å². The number of pyridine rings is 1. The van der Waals surface area contributed by atoms with Crippen LogP contribution in [0.2, 0.25) is 15.2 Å². The third kappa shape index (κ3) is 2.61.